The molecule has 6 nitrogen and oxygen atoms in total. The second-order valence-corrected chi connectivity index (χ2v) is 5.65. The number of carbonyl (C=O) groups excluding carboxylic acids is 1. The lowest BCUT2D eigenvalue weighted by Gasteiger charge is -2.21. The van der Waals surface area contributed by atoms with Gasteiger partial charge in [0, 0.05) is 12.8 Å². The van der Waals surface area contributed by atoms with E-state index in [2.05, 4.69) is 0 Å². The summed E-state index contributed by atoms with van der Waals surface area (Å²) in [6.45, 7) is 3.26. The predicted octanol–water partition coefficient (Wildman–Crippen LogP) is 2.67. The number of esters is 1. The Morgan fingerprint density at radius 3 is 2.61 bits per heavy atom. The van der Waals surface area contributed by atoms with E-state index in [4.69, 9.17) is 18.3 Å². The number of ether oxygens (including phenoxy) is 1. The molecule has 0 saturated carbocycles. The van der Waals surface area contributed by atoms with Crippen LogP contribution in [0.15, 0.2) is 0 Å². The molecular weight excluding hydrogens is 259 g/mol. The van der Waals surface area contributed by atoms with Crippen LogP contribution in [-0.4, -0.2) is 32.4 Å². The van der Waals surface area contributed by atoms with Gasteiger partial charge in [0.25, 0.3) is 0 Å². The van der Waals surface area contributed by atoms with Gasteiger partial charge in [0.2, 0.25) is 0 Å². The zero-order chi connectivity index (χ0) is 13.3. The molecule has 0 aromatic carbocycles. The number of hydrogen-bond donors (Lipinski definition) is 0. The monoisotopic (exact) mass is 280 g/mol. The lowest BCUT2D eigenvalue weighted by molar-refractivity contribution is -0.144. The average molecular weight is 280 g/mol. The van der Waals surface area contributed by atoms with Crippen LogP contribution in [0, 0.1) is 0 Å². The summed E-state index contributed by atoms with van der Waals surface area (Å²) in [6.07, 6.45) is 3.46. The summed E-state index contributed by atoms with van der Waals surface area (Å²) in [7, 11) is -3.34. The zero-order valence-electron chi connectivity index (χ0n) is 10.8. The normalized spacial score (nSPS) is 18.5. The highest BCUT2D eigenvalue weighted by atomic mass is 31.2. The average Bonchev–Trinajstić information content (AvgIpc) is 2.36. The molecule has 1 fully saturated rings. The fraction of sp³-hybridized carbons (Fsp3) is 0.909. The first-order valence-corrected chi connectivity index (χ1v) is 7.81. The van der Waals surface area contributed by atoms with Crippen molar-refractivity contribution in [1.29, 1.82) is 0 Å². The van der Waals surface area contributed by atoms with Gasteiger partial charge in [-0.05, 0) is 12.8 Å². The maximum Gasteiger partial charge on any atom is 0.474 e. The molecule has 0 amide bonds. The Morgan fingerprint density at radius 2 is 1.94 bits per heavy atom. The quantitative estimate of drug-likeness (QED) is 0.387. The molecule has 1 saturated heterocycles. The van der Waals surface area contributed by atoms with Crippen LogP contribution in [0.25, 0.3) is 0 Å². The van der Waals surface area contributed by atoms with Gasteiger partial charge in [-0.3, -0.25) is 18.4 Å². The Labute approximate surface area is 108 Å². The van der Waals surface area contributed by atoms with E-state index in [0.717, 1.165) is 19.3 Å². The minimum absolute atomic E-state index is 0.193. The van der Waals surface area contributed by atoms with E-state index in [-0.39, 0.29) is 19.2 Å². The molecule has 106 valence electrons. The molecule has 1 rings (SSSR count). The van der Waals surface area contributed by atoms with Crippen LogP contribution >= 0.6 is 7.82 Å². The standard InChI is InChI=1S/C11H21O6P/c1-2-3-6-11(12)14-7-4-8-15-18(13)16-9-5-10-17-18/h2-10H2,1H3. The fourth-order valence-electron chi connectivity index (χ4n) is 1.34. The van der Waals surface area contributed by atoms with E-state index in [9.17, 15) is 9.36 Å². The Kier molecular flexibility index (Phi) is 7.51. The van der Waals surface area contributed by atoms with Crippen molar-refractivity contribution in [2.75, 3.05) is 26.4 Å². The smallest absolute Gasteiger partial charge is 0.466 e. The van der Waals surface area contributed by atoms with Crippen LogP contribution in [0.4, 0.5) is 0 Å². The largest absolute Gasteiger partial charge is 0.474 e. The van der Waals surface area contributed by atoms with Crippen molar-refractivity contribution in [2.45, 2.75) is 39.0 Å². The molecule has 0 unspecified atom stereocenters. The highest BCUT2D eigenvalue weighted by Crippen LogP contribution is 2.51. The van der Waals surface area contributed by atoms with E-state index in [1.165, 1.54) is 0 Å². The van der Waals surface area contributed by atoms with Crippen LogP contribution < -0.4 is 0 Å². The second-order valence-electron chi connectivity index (χ2n) is 3.98. The number of unbranched alkanes of at least 4 members (excludes halogenated alkanes) is 1. The second kappa shape index (κ2) is 8.64. The SMILES string of the molecule is CCCCC(=O)OCCCOP1(=O)OCCCO1. The Bertz CT molecular complexity index is 283. The van der Waals surface area contributed by atoms with E-state index in [1.54, 1.807) is 0 Å². The van der Waals surface area contributed by atoms with Crippen LogP contribution in [0.2, 0.25) is 0 Å². The van der Waals surface area contributed by atoms with Gasteiger partial charge in [0.05, 0.1) is 26.4 Å². The minimum Gasteiger partial charge on any atom is -0.466 e. The predicted molar refractivity (Wildman–Crippen MR) is 65.2 cm³/mol. The van der Waals surface area contributed by atoms with Crippen molar-refractivity contribution < 1.29 is 27.7 Å². The Hall–Kier alpha value is -0.420. The maximum absolute atomic E-state index is 11.7. The topological polar surface area (TPSA) is 71.1 Å². The van der Waals surface area contributed by atoms with Crippen LogP contribution in [0.5, 0.6) is 0 Å². The lowest BCUT2D eigenvalue weighted by Crippen LogP contribution is -2.12. The van der Waals surface area contributed by atoms with E-state index >= 15 is 0 Å². The van der Waals surface area contributed by atoms with Gasteiger partial charge in [-0.1, -0.05) is 13.3 Å². The molecular formula is C11H21O6P. The fourth-order valence-corrected chi connectivity index (χ4v) is 2.62. The van der Waals surface area contributed by atoms with Crippen LogP contribution in [0.1, 0.15) is 39.0 Å². The molecule has 0 aromatic rings. The summed E-state index contributed by atoms with van der Waals surface area (Å²) < 4.78 is 31.6. The molecule has 0 N–H and O–H groups in total. The third-order valence-electron chi connectivity index (χ3n) is 2.32. The molecule has 0 atom stereocenters. The van der Waals surface area contributed by atoms with Gasteiger partial charge in [-0.25, -0.2) is 4.57 Å². The molecule has 0 aliphatic carbocycles. The van der Waals surface area contributed by atoms with E-state index in [1.807, 2.05) is 6.92 Å². The Morgan fingerprint density at radius 1 is 1.22 bits per heavy atom. The first-order valence-electron chi connectivity index (χ1n) is 6.35. The first kappa shape index (κ1) is 15.6. The van der Waals surface area contributed by atoms with Gasteiger partial charge < -0.3 is 4.74 Å². The number of rotatable bonds is 8. The minimum atomic E-state index is -3.34. The van der Waals surface area contributed by atoms with Gasteiger partial charge in [0.1, 0.15) is 0 Å². The zero-order valence-corrected chi connectivity index (χ0v) is 11.7. The van der Waals surface area contributed by atoms with Crippen molar-refractivity contribution in [3.05, 3.63) is 0 Å². The number of phosphoric ester groups is 1. The van der Waals surface area contributed by atoms with Gasteiger partial charge in [-0.15, -0.1) is 0 Å². The summed E-state index contributed by atoms with van der Waals surface area (Å²) in [4.78, 5) is 11.2. The number of carbonyl (C=O) groups is 1. The highest BCUT2D eigenvalue weighted by molar-refractivity contribution is 7.48. The summed E-state index contributed by atoms with van der Waals surface area (Å²) in [6, 6.07) is 0. The van der Waals surface area contributed by atoms with Crippen molar-refractivity contribution in [1.82, 2.24) is 0 Å². The summed E-state index contributed by atoms with van der Waals surface area (Å²) in [5.41, 5.74) is 0. The summed E-state index contributed by atoms with van der Waals surface area (Å²) in [5, 5.41) is 0. The van der Waals surface area contributed by atoms with Crippen LogP contribution in [-0.2, 0) is 27.7 Å². The van der Waals surface area contributed by atoms with Crippen molar-refractivity contribution >= 4 is 13.8 Å². The van der Waals surface area contributed by atoms with Crippen molar-refractivity contribution in [2.24, 2.45) is 0 Å². The number of hydrogen-bond acceptors (Lipinski definition) is 6. The molecule has 18 heavy (non-hydrogen) atoms. The molecule has 1 aliphatic heterocycles. The van der Waals surface area contributed by atoms with Crippen molar-refractivity contribution in [3.8, 4) is 0 Å². The first-order chi connectivity index (χ1) is 8.66. The van der Waals surface area contributed by atoms with Gasteiger partial charge >= 0.3 is 13.8 Å². The number of phosphoric acid groups is 1. The summed E-state index contributed by atoms with van der Waals surface area (Å²) in [5.74, 6) is -0.200. The molecule has 1 aliphatic rings. The van der Waals surface area contributed by atoms with E-state index < -0.39 is 7.82 Å². The molecule has 0 aromatic heterocycles. The van der Waals surface area contributed by atoms with Gasteiger partial charge in [-0.2, -0.15) is 0 Å². The molecule has 0 radical (unpaired) electrons. The maximum atomic E-state index is 11.7. The lowest BCUT2D eigenvalue weighted by atomic mass is 10.2. The van der Waals surface area contributed by atoms with Gasteiger partial charge in [0.15, 0.2) is 0 Å². The molecule has 0 bridgehead atoms. The Balaban J connectivity index is 2.01. The molecule has 1 heterocycles. The highest BCUT2D eigenvalue weighted by Gasteiger charge is 2.29. The van der Waals surface area contributed by atoms with Crippen molar-refractivity contribution in [3.63, 3.8) is 0 Å². The summed E-state index contributed by atoms with van der Waals surface area (Å²) >= 11 is 0. The molecule has 0 spiro atoms. The van der Waals surface area contributed by atoms with Crippen LogP contribution in [0.3, 0.4) is 0 Å². The third-order valence-corrected chi connectivity index (χ3v) is 3.82. The third kappa shape index (κ3) is 6.50. The van der Waals surface area contributed by atoms with E-state index in [0.29, 0.717) is 26.1 Å². The molecule has 7 heteroatoms.